The number of carbonyl (C=O) groups excluding carboxylic acids is 2. The van der Waals surface area contributed by atoms with Gasteiger partial charge in [0.1, 0.15) is 0 Å². The molecule has 7 nitrogen and oxygen atoms in total. The third-order valence-corrected chi connectivity index (χ3v) is 5.02. The fourth-order valence-corrected chi connectivity index (χ4v) is 3.55. The predicted molar refractivity (Wildman–Crippen MR) is 97.9 cm³/mol. The van der Waals surface area contributed by atoms with Crippen LogP contribution in [-0.2, 0) is 16.1 Å². The summed E-state index contributed by atoms with van der Waals surface area (Å²) in [5.74, 6) is 0.248. The molecule has 1 heterocycles. The fraction of sp³-hybridized carbons (Fsp3) is 0.500. The molecule has 0 spiro atoms. The molecule has 7 heteroatoms. The highest BCUT2D eigenvalue weighted by Crippen LogP contribution is 2.29. The van der Waals surface area contributed by atoms with E-state index in [9.17, 15) is 9.59 Å². The zero-order valence-electron chi connectivity index (χ0n) is 14.6. The second-order valence-corrected chi connectivity index (χ2v) is 6.74. The summed E-state index contributed by atoms with van der Waals surface area (Å²) >= 11 is 0. The van der Waals surface area contributed by atoms with Crippen LogP contribution in [-0.4, -0.2) is 28.4 Å². The largest absolute Gasteiger partial charge is 0.370 e. The van der Waals surface area contributed by atoms with Crippen molar-refractivity contribution < 1.29 is 9.59 Å². The van der Waals surface area contributed by atoms with Crippen LogP contribution in [0.25, 0.3) is 11.0 Å². The van der Waals surface area contributed by atoms with Crippen molar-refractivity contribution in [1.29, 1.82) is 0 Å². The molecule has 4 N–H and O–H groups in total. The number of rotatable bonds is 5. The lowest BCUT2D eigenvalue weighted by atomic mass is 9.88. The molecule has 25 heavy (non-hydrogen) atoms. The minimum absolute atomic E-state index is 0.118. The summed E-state index contributed by atoms with van der Waals surface area (Å²) < 4.78 is 1.77. The molecule has 0 unspecified atom stereocenters. The first kappa shape index (κ1) is 17.3. The van der Waals surface area contributed by atoms with Gasteiger partial charge in [-0.25, -0.2) is 4.98 Å². The molecule has 0 atom stereocenters. The Labute approximate surface area is 147 Å². The van der Waals surface area contributed by atoms with E-state index < -0.39 is 0 Å². The number of carbonyl (C=O) groups is 2. The van der Waals surface area contributed by atoms with Crippen LogP contribution in [0.15, 0.2) is 18.2 Å². The van der Waals surface area contributed by atoms with Gasteiger partial charge in [0, 0.05) is 31.6 Å². The van der Waals surface area contributed by atoms with Crippen LogP contribution >= 0.6 is 0 Å². The van der Waals surface area contributed by atoms with Gasteiger partial charge in [-0.2, -0.15) is 0 Å². The smallest absolute Gasteiger partial charge is 0.229 e. The molecule has 1 aliphatic carbocycles. The molecule has 1 aliphatic rings. The molecule has 134 valence electrons. The standard InChI is InChI=1S/C18H25N5O2/c1-22(17(25)12-5-3-2-4-6-12)13-7-8-15-14(11-13)21-18(20)23(15)10-9-16(19)24/h7-8,11-12H,2-6,9-10H2,1H3,(H2,19,24)(H2,20,21). The van der Waals surface area contributed by atoms with Crippen molar-refractivity contribution in [2.45, 2.75) is 45.1 Å². The number of amides is 2. The van der Waals surface area contributed by atoms with Crippen LogP contribution in [0.5, 0.6) is 0 Å². The average Bonchev–Trinajstić information content (AvgIpc) is 2.93. The van der Waals surface area contributed by atoms with Crippen LogP contribution in [0.2, 0.25) is 0 Å². The fourth-order valence-electron chi connectivity index (χ4n) is 3.55. The maximum absolute atomic E-state index is 12.7. The number of anilines is 2. The summed E-state index contributed by atoms with van der Waals surface area (Å²) in [6, 6.07) is 5.65. The molecule has 1 aromatic carbocycles. The molecule has 1 aromatic heterocycles. The van der Waals surface area contributed by atoms with Gasteiger partial charge in [0.2, 0.25) is 17.8 Å². The number of imidazole rings is 1. The summed E-state index contributed by atoms with van der Waals surface area (Å²) in [6.07, 6.45) is 5.63. The summed E-state index contributed by atoms with van der Waals surface area (Å²) in [5, 5.41) is 0. The quantitative estimate of drug-likeness (QED) is 0.866. The molecular weight excluding hydrogens is 318 g/mol. The number of hydrogen-bond donors (Lipinski definition) is 2. The van der Waals surface area contributed by atoms with E-state index in [2.05, 4.69) is 4.98 Å². The highest BCUT2D eigenvalue weighted by molar-refractivity contribution is 5.96. The average molecular weight is 343 g/mol. The molecule has 0 aliphatic heterocycles. The van der Waals surface area contributed by atoms with Crippen LogP contribution in [0, 0.1) is 5.92 Å². The number of nitrogen functional groups attached to an aromatic ring is 1. The van der Waals surface area contributed by atoms with Gasteiger partial charge in [0.05, 0.1) is 11.0 Å². The Kier molecular flexibility index (Phi) is 4.92. The van der Waals surface area contributed by atoms with Gasteiger partial charge < -0.3 is 20.9 Å². The van der Waals surface area contributed by atoms with Crippen molar-refractivity contribution in [3.63, 3.8) is 0 Å². The number of nitrogens with zero attached hydrogens (tertiary/aromatic N) is 3. The maximum atomic E-state index is 12.7. The Morgan fingerprint density at radius 1 is 1.28 bits per heavy atom. The minimum atomic E-state index is -0.379. The zero-order valence-corrected chi connectivity index (χ0v) is 14.6. The lowest BCUT2D eigenvalue weighted by Crippen LogP contribution is -2.33. The van der Waals surface area contributed by atoms with E-state index >= 15 is 0 Å². The van der Waals surface area contributed by atoms with Gasteiger partial charge in [-0.15, -0.1) is 0 Å². The number of fused-ring (bicyclic) bond motifs is 1. The molecule has 3 rings (SSSR count). The first-order valence-corrected chi connectivity index (χ1v) is 8.79. The molecule has 1 saturated carbocycles. The number of aromatic nitrogens is 2. The van der Waals surface area contributed by atoms with Gasteiger partial charge in [0.15, 0.2) is 0 Å². The Morgan fingerprint density at radius 2 is 2.00 bits per heavy atom. The highest BCUT2D eigenvalue weighted by Gasteiger charge is 2.25. The summed E-state index contributed by atoms with van der Waals surface area (Å²) in [5.41, 5.74) is 13.5. The van der Waals surface area contributed by atoms with Gasteiger partial charge >= 0.3 is 0 Å². The first-order chi connectivity index (χ1) is 12.0. The van der Waals surface area contributed by atoms with Crippen LogP contribution < -0.4 is 16.4 Å². The third kappa shape index (κ3) is 3.60. The lowest BCUT2D eigenvalue weighted by molar-refractivity contribution is -0.123. The van der Waals surface area contributed by atoms with Crippen LogP contribution in [0.1, 0.15) is 38.5 Å². The molecule has 1 fully saturated rings. The lowest BCUT2D eigenvalue weighted by Gasteiger charge is -2.26. The normalized spacial score (nSPS) is 15.4. The van der Waals surface area contributed by atoms with Crippen molar-refractivity contribution in [2.75, 3.05) is 17.7 Å². The van der Waals surface area contributed by atoms with Crippen molar-refractivity contribution in [3.05, 3.63) is 18.2 Å². The Hall–Kier alpha value is -2.57. The number of primary amides is 1. The number of nitrogens with two attached hydrogens (primary N) is 2. The van der Waals surface area contributed by atoms with E-state index in [1.54, 1.807) is 9.47 Å². The van der Waals surface area contributed by atoms with Crippen molar-refractivity contribution >= 4 is 34.5 Å². The van der Waals surface area contributed by atoms with Gasteiger partial charge in [0.25, 0.3) is 0 Å². The molecule has 2 aromatic rings. The first-order valence-electron chi connectivity index (χ1n) is 8.79. The van der Waals surface area contributed by atoms with Crippen molar-refractivity contribution in [2.24, 2.45) is 11.7 Å². The van der Waals surface area contributed by atoms with Crippen LogP contribution in [0.3, 0.4) is 0 Å². The molecular formula is C18H25N5O2. The summed E-state index contributed by atoms with van der Waals surface area (Å²) in [4.78, 5) is 29.8. The second-order valence-electron chi connectivity index (χ2n) is 6.74. The molecule has 0 saturated heterocycles. The Balaban J connectivity index is 1.83. The third-order valence-electron chi connectivity index (χ3n) is 5.02. The van der Waals surface area contributed by atoms with E-state index in [0.717, 1.165) is 36.9 Å². The van der Waals surface area contributed by atoms with E-state index in [-0.39, 0.29) is 24.2 Å². The maximum Gasteiger partial charge on any atom is 0.229 e. The van der Waals surface area contributed by atoms with E-state index in [4.69, 9.17) is 11.5 Å². The second kappa shape index (κ2) is 7.13. The minimum Gasteiger partial charge on any atom is -0.370 e. The van der Waals surface area contributed by atoms with Gasteiger partial charge in [-0.1, -0.05) is 19.3 Å². The number of aryl methyl sites for hydroxylation is 1. The topological polar surface area (TPSA) is 107 Å². The van der Waals surface area contributed by atoms with Crippen LogP contribution in [0.4, 0.5) is 11.6 Å². The Bertz CT molecular complexity index is 792. The zero-order chi connectivity index (χ0) is 18.0. The van der Waals surface area contributed by atoms with E-state index in [0.29, 0.717) is 18.0 Å². The van der Waals surface area contributed by atoms with Gasteiger partial charge in [-0.05, 0) is 31.0 Å². The van der Waals surface area contributed by atoms with E-state index in [1.165, 1.54) is 6.42 Å². The number of hydrogen-bond acceptors (Lipinski definition) is 4. The van der Waals surface area contributed by atoms with E-state index in [1.807, 2.05) is 25.2 Å². The van der Waals surface area contributed by atoms with Crippen molar-refractivity contribution in [3.8, 4) is 0 Å². The predicted octanol–water partition coefficient (Wildman–Crippen LogP) is 2.04. The van der Waals surface area contributed by atoms with Gasteiger partial charge in [-0.3, -0.25) is 9.59 Å². The molecule has 2 amide bonds. The SMILES string of the molecule is CN(C(=O)C1CCCCC1)c1ccc2c(c1)nc(N)n2CCC(N)=O. The molecule has 0 bridgehead atoms. The monoisotopic (exact) mass is 343 g/mol. The highest BCUT2D eigenvalue weighted by atomic mass is 16.2. The summed E-state index contributed by atoms with van der Waals surface area (Å²) in [7, 11) is 1.81. The number of benzene rings is 1. The Morgan fingerprint density at radius 3 is 2.68 bits per heavy atom. The summed E-state index contributed by atoms with van der Waals surface area (Å²) in [6.45, 7) is 0.397. The molecule has 0 radical (unpaired) electrons. The van der Waals surface area contributed by atoms with Crippen molar-refractivity contribution in [1.82, 2.24) is 9.55 Å².